The fraction of sp³-hybridized carbons (Fsp3) is 1.00. The molecule has 0 N–H and O–H groups in total. The van der Waals surface area contributed by atoms with Crippen molar-refractivity contribution >= 4 is 30.4 Å². The predicted octanol–water partition coefficient (Wildman–Crippen LogP) is 4.50. The zero-order chi connectivity index (χ0) is 29.9. The van der Waals surface area contributed by atoms with Crippen LogP contribution in [0.15, 0.2) is 0 Å². The summed E-state index contributed by atoms with van der Waals surface area (Å²) in [7, 11) is -12.2. The van der Waals surface area contributed by atoms with Crippen LogP contribution in [-0.4, -0.2) is 53.2 Å². The Morgan fingerprint density at radius 3 is 0.535 bits per heavy atom. The zero-order valence-corrected chi connectivity index (χ0v) is 28.2. The molecule has 12 aliphatic carbocycles. The van der Waals surface area contributed by atoms with E-state index in [0.717, 1.165) is 0 Å². The Morgan fingerprint density at radius 2 is 0.442 bits per heavy atom. The molecule has 0 aliphatic heterocycles. The zero-order valence-electron chi connectivity index (χ0n) is 24.7. The Labute approximate surface area is 268 Å². The molecule has 43 heavy (non-hydrogen) atoms. The second-order valence-electron chi connectivity index (χ2n) is 16.7. The van der Waals surface area contributed by atoms with Gasteiger partial charge in [-0.3, -0.25) is 0 Å². The van der Waals surface area contributed by atoms with E-state index in [9.17, 15) is 38.9 Å². The van der Waals surface area contributed by atoms with Crippen LogP contribution in [0.2, 0.25) is 0 Å². The molecule has 0 heterocycles. The average molecular weight is 702 g/mol. The molecule has 12 aliphatic rings. The molecule has 12 rings (SSSR count). The van der Waals surface area contributed by atoms with E-state index in [4.69, 9.17) is 0 Å². The van der Waals surface area contributed by atoms with Gasteiger partial charge in [-0.2, -0.15) is 0 Å². The minimum atomic E-state index is -4.07. The van der Waals surface area contributed by atoms with Gasteiger partial charge in [-0.25, -0.2) is 25.3 Å². The molecule has 245 valence electrons. The monoisotopic (exact) mass is 701 g/mol. The fourth-order valence-corrected chi connectivity index (χ4v) is 17.0. The van der Waals surface area contributed by atoms with E-state index in [1.165, 1.54) is 57.8 Å². The minimum Gasteiger partial charge on any atom is -0.748 e. The fourth-order valence-electron chi connectivity index (χ4n) is 13.0. The summed E-state index contributed by atoms with van der Waals surface area (Å²) in [4.78, 5) is 0. The molecule has 0 unspecified atom stereocenters. The second kappa shape index (κ2) is 10.9. The topological polar surface area (TPSA) is 172 Å². The van der Waals surface area contributed by atoms with Crippen molar-refractivity contribution in [3.8, 4) is 0 Å². The smallest absolute Gasteiger partial charge is 0.748 e. The van der Waals surface area contributed by atoms with Crippen LogP contribution >= 0.6 is 0 Å². The van der Waals surface area contributed by atoms with Crippen molar-refractivity contribution in [2.24, 2.45) is 53.3 Å². The van der Waals surface area contributed by atoms with Crippen LogP contribution < -0.4 is 0 Å². The summed E-state index contributed by atoms with van der Waals surface area (Å²) in [5.41, 5.74) is 0. The third-order valence-electron chi connectivity index (χ3n) is 13.5. The van der Waals surface area contributed by atoms with Crippen molar-refractivity contribution in [3.05, 3.63) is 0 Å². The van der Waals surface area contributed by atoms with Crippen molar-refractivity contribution in [2.75, 3.05) is 0 Å². The van der Waals surface area contributed by atoms with Gasteiger partial charge in [0, 0.05) is 0 Å². The Morgan fingerprint density at radius 1 is 0.326 bits per heavy atom. The van der Waals surface area contributed by atoms with Crippen LogP contribution in [0.3, 0.4) is 0 Å². The van der Waals surface area contributed by atoms with E-state index >= 15 is 0 Å². The van der Waals surface area contributed by atoms with E-state index < -0.39 is 44.6 Å². The van der Waals surface area contributed by atoms with Gasteiger partial charge in [-0.1, -0.05) is 0 Å². The van der Waals surface area contributed by atoms with Gasteiger partial charge in [0.15, 0.2) is 0 Å². The first-order chi connectivity index (χ1) is 19.5. The molecule has 1 radical (unpaired) electrons. The predicted molar refractivity (Wildman–Crippen MR) is 152 cm³/mol. The van der Waals surface area contributed by atoms with Crippen LogP contribution in [0.25, 0.3) is 0 Å². The Hall–Kier alpha value is 0.249. The van der Waals surface area contributed by atoms with E-state index in [0.29, 0.717) is 111 Å². The van der Waals surface area contributed by atoms with E-state index in [1.54, 1.807) is 0 Å². The molecule has 13 heteroatoms. The van der Waals surface area contributed by atoms with Crippen LogP contribution in [0.5, 0.6) is 0 Å². The number of hydrogen-bond donors (Lipinski definition) is 0. The van der Waals surface area contributed by atoms with Gasteiger partial charge >= 0.3 is 17.1 Å². The van der Waals surface area contributed by atoms with Crippen LogP contribution in [0.1, 0.15) is 116 Å². The Kier molecular flexibility index (Phi) is 8.40. The average Bonchev–Trinajstić information content (AvgIpc) is 2.80. The molecular formula is C30H45FeO9S3. The maximum atomic E-state index is 11.3. The molecule has 0 atom stereocenters. The summed E-state index contributed by atoms with van der Waals surface area (Å²) in [6.45, 7) is 0. The SMILES string of the molecule is O=S(=O)([O-])C12CC3CC(CC(C3)C1)C2.O=S(=O)([O-])C12CC3CC(CC(C3)C1)C2.O=S(=O)([O-])C12CC3CC(CC(C3)C1)C2.[Fe+3]. The first-order valence-electron chi connectivity index (χ1n) is 16.3. The molecule has 0 amide bonds. The maximum absolute atomic E-state index is 11.3. The maximum Gasteiger partial charge on any atom is 3.00 e. The molecule has 12 bridgehead atoms. The largest absolute Gasteiger partial charge is 3.00 e. The molecule has 12 fully saturated rings. The van der Waals surface area contributed by atoms with Gasteiger partial charge in [0.2, 0.25) is 0 Å². The van der Waals surface area contributed by atoms with E-state index in [2.05, 4.69) is 0 Å². The third kappa shape index (κ3) is 5.84. The minimum absolute atomic E-state index is 0. The molecule has 0 aromatic carbocycles. The van der Waals surface area contributed by atoms with Crippen LogP contribution in [0.4, 0.5) is 0 Å². The summed E-state index contributed by atoms with van der Waals surface area (Å²) in [6, 6.07) is 0. The van der Waals surface area contributed by atoms with Crippen LogP contribution in [0, 0.1) is 53.3 Å². The molecule has 0 spiro atoms. The van der Waals surface area contributed by atoms with Crippen LogP contribution in [-0.2, 0) is 47.4 Å². The van der Waals surface area contributed by atoms with Crippen molar-refractivity contribution in [3.63, 3.8) is 0 Å². The number of rotatable bonds is 3. The molecule has 9 nitrogen and oxygen atoms in total. The van der Waals surface area contributed by atoms with Crippen molar-refractivity contribution in [1.82, 2.24) is 0 Å². The summed E-state index contributed by atoms with van der Waals surface area (Å²) in [5, 5.41) is 0. The molecule has 0 aromatic heterocycles. The Bertz CT molecular complexity index is 1140. The summed E-state index contributed by atoms with van der Waals surface area (Å²) in [6.07, 6.45) is 16.5. The second-order valence-corrected chi connectivity index (χ2v) is 22.0. The van der Waals surface area contributed by atoms with E-state index in [1.807, 2.05) is 0 Å². The van der Waals surface area contributed by atoms with Gasteiger partial charge in [-0.05, 0) is 169 Å². The van der Waals surface area contributed by atoms with Crippen molar-refractivity contribution in [1.29, 1.82) is 0 Å². The van der Waals surface area contributed by atoms with Crippen molar-refractivity contribution < 1.29 is 56.0 Å². The third-order valence-corrected chi connectivity index (χ3v) is 18.2. The molecule has 0 saturated heterocycles. The molecule has 0 aromatic rings. The standard InChI is InChI=1S/3C10H16O3S.Fe/c3*11-14(12,13)10-4-7-1-8(5-10)3-9(2-7)6-10;/h3*7-9H,1-6H2,(H,11,12,13);/q;;;+3/p-3. The first-order valence-corrected chi connectivity index (χ1v) is 20.5. The number of hydrogen-bond acceptors (Lipinski definition) is 9. The quantitative estimate of drug-likeness (QED) is 0.304. The van der Waals surface area contributed by atoms with Gasteiger partial charge in [0.25, 0.3) is 0 Å². The summed E-state index contributed by atoms with van der Waals surface area (Å²) < 4.78 is 99.4. The Balaban J connectivity index is 0.000000113. The summed E-state index contributed by atoms with van der Waals surface area (Å²) >= 11 is 0. The van der Waals surface area contributed by atoms with Gasteiger partial charge in [-0.15, -0.1) is 0 Å². The normalized spacial score (nSPS) is 49.9. The van der Waals surface area contributed by atoms with Gasteiger partial charge in [0.05, 0.1) is 14.2 Å². The molecular weight excluding hydrogens is 656 g/mol. The van der Waals surface area contributed by atoms with E-state index in [-0.39, 0.29) is 17.1 Å². The van der Waals surface area contributed by atoms with Crippen molar-refractivity contribution in [2.45, 2.75) is 130 Å². The van der Waals surface area contributed by atoms with Gasteiger partial charge < -0.3 is 13.7 Å². The summed E-state index contributed by atoms with van der Waals surface area (Å²) in [5.74, 6) is 4.79. The van der Waals surface area contributed by atoms with Gasteiger partial charge in [0.1, 0.15) is 30.4 Å². The molecule has 12 saturated carbocycles. The first kappa shape index (κ1) is 33.2.